The molecule has 0 saturated heterocycles. The maximum Gasteiger partial charge on any atom is 1.00 e. The van der Waals surface area contributed by atoms with Crippen molar-refractivity contribution in [2.24, 2.45) is 0 Å². The molecule has 0 aliphatic rings. The van der Waals surface area contributed by atoms with Gasteiger partial charge in [0.15, 0.2) is 0 Å². The molecule has 0 aliphatic heterocycles. The summed E-state index contributed by atoms with van der Waals surface area (Å²) in [6, 6.07) is 7.93. The minimum Gasteiger partial charge on any atom is -0.744 e. The van der Waals surface area contributed by atoms with Crippen molar-refractivity contribution >= 4 is 64.6 Å². The van der Waals surface area contributed by atoms with E-state index in [9.17, 15) is 31.2 Å². The summed E-state index contributed by atoms with van der Waals surface area (Å²) in [5.41, 5.74) is 0. The van der Waals surface area contributed by atoms with Gasteiger partial charge in [0.1, 0.15) is 26.0 Å². The summed E-state index contributed by atoms with van der Waals surface area (Å²) in [5, 5.41) is 14.9. The summed E-state index contributed by atoms with van der Waals surface area (Å²) in [4.78, 5) is -1.09. The van der Waals surface area contributed by atoms with E-state index in [2.05, 4.69) is 9.37 Å². The number of unbranched alkanes of at least 4 members (excludes halogenated alkanes) is 1. The zero-order valence-electron chi connectivity index (χ0n) is 19.9. The Kier molecular flexibility index (Phi) is 13.4. The predicted octanol–water partition coefficient (Wildman–Crippen LogP) is -6.19. The smallest absolute Gasteiger partial charge is 0.744 e. The summed E-state index contributed by atoms with van der Waals surface area (Å²) in [6.07, 6.45) is 1.49. The minimum atomic E-state index is -4.99. The molecule has 0 atom stereocenters. The van der Waals surface area contributed by atoms with E-state index in [0.717, 1.165) is 18.6 Å². The van der Waals surface area contributed by atoms with E-state index in [1.807, 2.05) is 6.92 Å². The maximum atomic E-state index is 12.1. The van der Waals surface area contributed by atoms with Gasteiger partial charge >= 0.3 is 88.7 Å². The van der Waals surface area contributed by atoms with E-state index in [4.69, 9.17) is 4.74 Å². The Balaban J connectivity index is 0.00000216. The average molecular weight is 581 g/mol. The SMILES string of the molecule is CCCCOc1cc(S(=O)(=O)[O-])c2ccc3c(S(=O)(=O)[O-])cc(SOO[O-])c4ccc1c2c43.[Na+].[Na+].[Na+]. The molecule has 0 bridgehead atoms. The van der Waals surface area contributed by atoms with Crippen LogP contribution in [0.3, 0.4) is 0 Å². The van der Waals surface area contributed by atoms with Gasteiger partial charge in [0.2, 0.25) is 0 Å². The van der Waals surface area contributed by atoms with Crippen LogP contribution in [-0.2, 0) is 29.6 Å². The van der Waals surface area contributed by atoms with Crippen LogP contribution >= 0.6 is 12.0 Å². The second kappa shape index (κ2) is 13.9. The first kappa shape index (κ1) is 34.8. The third-order valence-corrected chi connectivity index (χ3v) is 7.59. The van der Waals surface area contributed by atoms with Crippen LogP contribution in [0, 0.1) is 0 Å². The fourth-order valence-corrected chi connectivity index (χ4v) is 5.84. The normalized spacial score (nSPS) is 11.8. The molecule has 0 unspecified atom stereocenters. The predicted molar refractivity (Wildman–Crippen MR) is 115 cm³/mol. The third kappa shape index (κ3) is 6.91. The first-order valence-electron chi connectivity index (χ1n) is 9.54. The molecule has 4 aromatic carbocycles. The molecule has 0 spiro atoms. The van der Waals surface area contributed by atoms with Crippen LogP contribution in [0.25, 0.3) is 32.3 Å². The molecular formula is C20H15Na3O10S3. The fraction of sp³-hybridized carbons (Fsp3) is 0.200. The molecule has 16 heteroatoms. The molecule has 0 aromatic heterocycles. The van der Waals surface area contributed by atoms with Crippen molar-refractivity contribution < 1.29 is 134 Å². The van der Waals surface area contributed by atoms with Crippen molar-refractivity contribution in [1.29, 1.82) is 0 Å². The standard InChI is InChI=1S/C20H18O10S3.3Na/c1-2-3-8-28-15-9-17(32(22,23)24)13-6-7-14-18(33(25,26)27)10-16(31-30-29-21)12-5-4-11(15)19(13)20(12)14;;;/h4-7,9-10,21H,2-3,8H2,1H3,(H,22,23,24)(H,25,26,27);;;/q;3*+1/p-3. The summed E-state index contributed by atoms with van der Waals surface area (Å²) in [7, 11) is -9.94. The van der Waals surface area contributed by atoms with Gasteiger partial charge in [-0.3, -0.25) is 5.04 Å². The molecule has 0 saturated carbocycles. The molecule has 0 aliphatic carbocycles. The first-order valence-corrected chi connectivity index (χ1v) is 13.1. The van der Waals surface area contributed by atoms with E-state index < -0.39 is 30.0 Å². The van der Waals surface area contributed by atoms with Crippen molar-refractivity contribution in [2.75, 3.05) is 6.61 Å². The largest absolute Gasteiger partial charge is 1.00 e. The Bertz CT molecular complexity index is 1580. The van der Waals surface area contributed by atoms with Crippen molar-refractivity contribution in [3.8, 4) is 5.75 Å². The maximum absolute atomic E-state index is 12.1. The Morgan fingerprint density at radius 1 is 0.806 bits per heavy atom. The van der Waals surface area contributed by atoms with Gasteiger partial charge in [-0.15, -0.1) is 0 Å². The number of hydrogen-bond donors (Lipinski definition) is 0. The molecule has 4 rings (SSSR count). The van der Waals surface area contributed by atoms with E-state index in [1.165, 1.54) is 12.1 Å². The van der Waals surface area contributed by atoms with Crippen LogP contribution < -0.4 is 98.7 Å². The summed E-state index contributed by atoms with van der Waals surface area (Å²) >= 11 is 0.385. The monoisotopic (exact) mass is 580 g/mol. The topological polar surface area (TPSA) is 165 Å². The Labute approximate surface area is 278 Å². The minimum absolute atomic E-state index is 0. The molecule has 10 nitrogen and oxygen atoms in total. The van der Waals surface area contributed by atoms with Crippen molar-refractivity contribution in [3.63, 3.8) is 0 Å². The molecule has 0 amide bonds. The van der Waals surface area contributed by atoms with Gasteiger partial charge in [-0.25, -0.2) is 16.8 Å². The zero-order valence-corrected chi connectivity index (χ0v) is 28.3. The van der Waals surface area contributed by atoms with Crippen LogP contribution in [0.1, 0.15) is 19.8 Å². The van der Waals surface area contributed by atoms with Crippen LogP contribution in [0.4, 0.5) is 0 Å². The Morgan fingerprint density at radius 3 is 1.83 bits per heavy atom. The van der Waals surface area contributed by atoms with Gasteiger partial charge in [0.05, 0.1) is 28.4 Å². The quantitative estimate of drug-likeness (QED) is 0.0352. The molecule has 0 heterocycles. The van der Waals surface area contributed by atoms with Crippen LogP contribution in [0.2, 0.25) is 0 Å². The summed E-state index contributed by atoms with van der Waals surface area (Å²) < 4.78 is 82.3. The molecule has 4 aromatic rings. The van der Waals surface area contributed by atoms with Crippen molar-refractivity contribution in [1.82, 2.24) is 0 Å². The van der Waals surface area contributed by atoms with Gasteiger partial charge in [-0.2, -0.15) is 4.33 Å². The van der Waals surface area contributed by atoms with Gasteiger partial charge in [0.25, 0.3) is 0 Å². The molecular weight excluding hydrogens is 565 g/mol. The van der Waals surface area contributed by atoms with Gasteiger partial charge in [-0.1, -0.05) is 31.5 Å². The molecule has 36 heavy (non-hydrogen) atoms. The molecule has 0 radical (unpaired) electrons. The molecule has 0 N–H and O–H groups in total. The number of benzene rings is 4. The summed E-state index contributed by atoms with van der Waals surface area (Å²) in [6.45, 7) is 2.20. The Morgan fingerprint density at radius 2 is 1.31 bits per heavy atom. The van der Waals surface area contributed by atoms with Gasteiger partial charge in [0, 0.05) is 26.4 Å². The van der Waals surface area contributed by atoms with E-state index in [0.29, 0.717) is 29.2 Å². The number of rotatable bonds is 9. The number of ether oxygens (including phenoxy) is 1. The van der Waals surface area contributed by atoms with E-state index >= 15 is 0 Å². The Hall–Kier alpha value is 0.770. The van der Waals surface area contributed by atoms with E-state index in [-0.39, 0.29) is 127 Å². The number of hydrogen-bond acceptors (Lipinski definition) is 11. The van der Waals surface area contributed by atoms with Crippen molar-refractivity contribution in [2.45, 2.75) is 34.5 Å². The average Bonchev–Trinajstić information content (AvgIpc) is 2.75. The van der Waals surface area contributed by atoms with Crippen LogP contribution in [0.15, 0.2) is 51.1 Å². The molecule has 176 valence electrons. The fourth-order valence-electron chi connectivity index (χ4n) is 3.85. The van der Waals surface area contributed by atoms with E-state index in [1.54, 1.807) is 12.1 Å². The van der Waals surface area contributed by atoms with Crippen LogP contribution in [-0.4, -0.2) is 32.5 Å². The first-order chi connectivity index (χ1) is 15.6. The second-order valence-corrected chi connectivity index (χ2v) is 10.6. The second-order valence-electron chi connectivity index (χ2n) is 7.15. The van der Waals surface area contributed by atoms with Crippen LogP contribution in [0.5, 0.6) is 5.75 Å². The van der Waals surface area contributed by atoms with Gasteiger partial charge in [-0.05, 0) is 35.4 Å². The van der Waals surface area contributed by atoms with Gasteiger partial charge < -0.3 is 19.1 Å². The molecule has 0 fully saturated rings. The van der Waals surface area contributed by atoms with Crippen molar-refractivity contribution in [3.05, 3.63) is 36.4 Å². The summed E-state index contributed by atoms with van der Waals surface area (Å²) in [5.74, 6) is 0.128. The third-order valence-electron chi connectivity index (χ3n) is 5.19. The zero-order chi connectivity index (χ0) is 24.0.